The van der Waals surface area contributed by atoms with Crippen molar-refractivity contribution >= 4 is 40.5 Å². The van der Waals surface area contributed by atoms with Gasteiger partial charge < -0.3 is 14.9 Å². The number of methoxy groups -OCH3 is 1. The van der Waals surface area contributed by atoms with Crippen molar-refractivity contribution < 1.29 is 14.4 Å². The van der Waals surface area contributed by atoms with E-state index in [1.165, 1.54) is 0 Å². The van der Waals surface area contributed by atoms with Crippen LogP contribution in [0.1, 0.15) is 28.9 Å². The van der Waals surface area contributed by atoms with E-state index in [9.17, 15) is 4.79 Å². The minimum atomic E-state index is -0.734. The molecule has 1 aliphatic heterocycles. The summed E-state index contributed by atoms with van der Waals surface area (Å²) in [6.07, 6.45) is -0.387. The SMILES string of the molecule is COc1ccccc1C1=NO[C@@H](C(=O)Nc2c(C)nn(Cc3ccc(Cl)cc3Cl)c2C)C1. The third kappa shape index (κ3) is 4.45. The molecule has 0 radical (unpaired) electrons. The van der Waals surface area contributed by atoms with Crippen molar-refractivity contribution in [3.8, 4) is 5.75 Å². The van der Waals surface area contributed by atoms with Crippen LogP contribution < -0.4 is 10.1 Å². The van der Waals surface area contributed by atoms with Gasteiger partial charge in [-0.2, -0.15) is 5.10 Å². The molecule has 1 atom stereocenters. The van der Waals surface area contributed by atoms with Crippen molar-refractivity contribution in [1.82, 2.24) is 9.78 Å². The zero-order valence-corrected chi connectivity index (χ0v) is 19.4. The van der Waals surface area contributed by atoms with Gasteiger partial charge in [-0.3, -0.25) is 9.48 Å². The number of halogens is 2. The predicted molar refractivity (Wildman–Crippen MR) is 125 cm³/mol. The standard InChI is InChI=1S/C23H22Cl2N4O3/c1-13-22(14(2)29(27-13)12-15-8-9-16(24)10-18(15)25)26-23(30)21-11-19(28-32-21)17-6-4-5-7-20(17)31-3/h4-10,21H,11-12H2,1-3H3,(H,26,30)/t21-/m1/s1. The van der Waals surface area contributed by atoms with Crippen LogP contribution in [0.4, 0.5) is 5.69 Å². The Bertz CT molecular complexity index is 1210. The largest absolute Gasteiger partial charge is 0.496 e. The maximum absolute atomic E-state index is 12.9. The molecule has 166 valence electrons. The second kappa shape index (κ2) is 9.22. The van der Waals surface area contributed by atoms with Gasteiger partial charge in [-0.15, -0.1) is 0 Å². The zero-order valence-electron chi connectivity index (χ0n) is 17.9. The van der Waals surface area contributed by atoms with E-state index in [4.69, 9.17) is 32.8 Å². The smallest absolute Gasteiger partial charge is 0.268 e. The molecule has 1 aromatic heterocycles. The summed E-state index contributed by atoms with van der Waals surface area (Å²) in [6, 6.07) is 12.9. The lowest BCUT2D eigenvalue weighted by molar-refractivity contribution is -0.125. The molecular weight excluding hydrogens is 451 g/mol. The van der Waals surface area contributed by atoms with Crippen molar-refractivity contribution in [2.45, 2.75) is 32.9 Å². The first kappa shape index (κ1) is 22.2. The number of oxime groups is 1. The molecule has 2 heterocycles. The summed E-state index contributed by atoms with van der Waals surface area (Å²) in [5.41, 5.74) is 4.52. The number of anilines is 1. The normalized spacial score (nSPS) is 15.3. The molecular formula is C23H22Cl2N4O3. The minimum absolute atomic E-state index is 0.283. The Hall–Kier alpha value is -3.03. The number of amides is 1. The number of aryl methyl sites for hydroxylation is 1. The van der Waals surface area contributed by atoms with Gasteiger partial charge in [-0.25, -0.2) is 0 Å². The molecule has 2 aromatic carbocycles. The van der Waals surface area contributed by atoms with Gasteiger partial charge in [-0.1, -0.05) is 46.6 Å². The number of aromatic nitrogens is 2. The molecule has 1 amide bonds. The van der Waals surface area contributed by atoms with Gasteiger partial charge in [0.25, 0.3) is 5.91 Å². The molecule has 0 saturated carbocycles. The van der Waals surface area contributed by atoms with E-state index in [0.717, 1.165) is 16.8 Å². The van der Waals surface area contributed by atoms with E-state index >= 15 is 0 Å². The van der Waals surface area contributed by atoms with E-state index in [1.807, 2.05) is 44.2 Å². The van der Waals surface area contributed by atoms with Crippen LogP contribution >= 0.6 is 23.2 Å². The Morgan fingerprint density at radius 3 is 2.78 bits per heavy atom. The third-order valence-electron chi connectivity index (χ3n) is 5.34. The molecule has 0 aliphatic carbocycles. The summed E-state index contributed by atoms with van der Waals surface area (Å²) < 4.78 is 7.18. The molecule has 3 aromatic rings. The lowest BCUT2D eigenvalue weighted by Gasteiger charge is -2.11. The fraction of sp³-hybridized carbons (Fsp3) is 0.261. The molecule has 32 heavy (non-hydrogen) atoms. The van der Waals surface area contributed by atoms with Crippen LogP contribution in [0.3, 0.4) is 0 Å². The number of nitrogens with zero attached hydrogens (tertiary/aromatic N) is 3. The van der Waals surface area contributed by atoms with Crippen LogP contribution in [-0.2, 0) is 16.2 Å². The van der Waals surface area contributed by atoms with Gasteiger partial charge in [-0.05, 0) is 43.7 Å². The molecule has 1 N–H and O–H groups in total. The number of benzene rings is 2. The Kier molecular flexibility index (Phi) is 6.39. The number of ether oxygens (including phenoxy) is 1. The molecule has 0 bridgehead atoms. The summed E-state index contributed by atoms with van der Waals surface area (Å²) in [6.45, 7) is 4.19. The quantitative estimate of drug-likeness (QED) is 0.547. The van der Waals surface area contributed by atoms with E-state index in [1.54, 1.807) is 23.9 Å². The summed E-state index contributed by atoms with van der Waals surface area (Å²) in [5.74, 6) is 0.402. The first-order valence-electron chi connectivity index (χ1n) is 10.0. The number of nitrogens with one attached hydrogen (secondary N) is 1. The van der Waals surface area contributed by atoms with Crippen molar-refractivity contribution in [3.63, 3.8) is 0 Å². The summed E-state index contributed by atoms with van der Waals surface area (Å²) in [7, 11) is 1.60. The van der Waals surface area contributed by atoms with Gasteiger partial charge in [0.15, 0.2) is 0 Å². The molecule has 7 nitrogen and oxygen atoms in total. The highest BCUT2D eigenvalue weighted by molar-refractivity contribution is 6.35. The van der Waals surface area contributed by atoms with Gasteiger partial charge in [0.05, 0.1) is 36.4 Å². The van der Waals surface area contributed by atoms with Crippen LogP contribution in [0.2, 0.25) is 10.0 Å². The fourth-order valence-corrected chi connectivity index (χ4v) is 4.08. The van der Waals surface area contributed by atoms with Gasteiger partial charge >= 0.3 is 0 Å². The van der Waals surface area contributed by atoms with Gasteiger partial charge in [0.2, 0.25) is 6.10 Å². The number of para-hydroxylation sites is 1. The molecule has 0 fully saturated rings. The topological polar surface area (TPSA) is 77.7 Å². The fourth-order valence-electron chi connectivity index (χ4n) is 3.61. The number of hydrogen-bond acceptors (Lipinski definition) is 5. The van der Waals surface area contributed by atoms with Gasteiger partial charge in [0, 0.05) is 22.0 Å². The highest BCUT2D eigenvalue weighted by Crippen LogP contribution is 2.27. The summed E-state index contributed by atoms with van der Waals surface area (Å²) in [5, 5.41) is 12.8. The zero-order chi connectivity index (χ0) is 22.8. The van der Waals surface area contributed by atoms with Crippen LogP contribution in [-0.4, -0.2) is 34.6 Å². The first-order valence-corrected chi connectivity index (χ1v) is 10.8. The van der Waals surface area contributed by atoms with Crippen LogP contribution in [0.5, 0.6) is 5.75 Å². The average Bonchev–Trinajstić information content (AvgIpc) is 3.37. The summed E-state index contributed by atoms with van der Waals surface area (Å²) in [4.78, 5) is 18.3. The predicted octanol–water partition coefficient (Wildman–Crippen LogP) is 5.00. The van der Waals surface area contributed by atoms with Crippen molar-refractivity contribution in [1.29, 1.82) is 0 Å². The van der Waals surface area contributed by atoms with Crippen LogP contribution in [0.15, 0.2) is 47.6 Å². The summed E-state index contributed by atoms with van der Waals surface area (Å²) >= 11 is 12.3. The monoisotopic (exact) mass is 472 g/mol. The number of carbonyl (C=O) groups excluding carboxylic acids is 1. The number of rotatable bonds is 6. The average molecular weight is 473 g/mol. The maximum Gasteiger partial charge on any atom is 0.268 e. The molecule has 0 unspecified atom stereocenters. The Morgan fingerprint density at radius 2 is 2.03 bits per heavy atom. The van der Waals surface area contributed by atoms with E-state index in [-0.39, 0.29) is 5.91 Å². The molecule has 4 rings (SSSR count). The third-order valence-corrected chi connectivity index (χ3v) is 5.93. The van der Waals surface area contributed by atoms with Gasteiger partial charge in [0.1, 0.15) is 5.75 Å². The number of hydrogen-bond donors (Lipinski definition) is 1. The second-order valence-corrected chi connectivity index (χ2v) is 8.31. The lowest BCUT2D eigenvalue weighted by Crippen LogP contribution is -2.28. The van der Waals surface area contributed by atoms with Crippen molar-refractivity contribution in [2.24, 2.45) is 5.16 Å². The van der Waals surface area contributed by atoms with E-state index in [0.29, 0.717) is 45.9 Å². The highest BCUT2D eigenvalue weighted by Gasteiger charge is 2.31. The molecule has 0 spiro atoms. The van der Waals surface area contributed by atoms with Crippen LogP contribution in [0.25, 0.3) is 0 Å². The first-order chi connectivity index (χ1) is 15.4. The minimum Gasteiger partial charge on any atom is -0.496 e. The molecule has 1 aliphatic rings. The van der Waals surface area contributed by atoms with Crippen molar-refractivity contribution in [2.75, 3.05) is 12.4 Å². The maximum atomic E-state index is 12.9. The van der Waals surface area contributed by atoms with Crippen LogP contribution in [0, 0.1) is 13.8 Å². The van der Waals surface area contributed by atoms with E-state index in [2.05, 4.69) is 15.6 Å². The number of carbonyl (C=O) groups is 1. The highest BCUT2D eigenvalue weighted by atomic mass is 35.5. The molecule has 9 heteroatoms. The van der Waals surface area contributed by atoms with E-state index < -0.39 is 6.10 Å². The Labute approximate surface area is 195 Å². The molecule has 0 saturated heterocycles. The Morgan fingerprint density at radius 1 is 1.25 bits per heavy atom. The lowest BCUT2D eigenvalue weighted by atomic mass is 10.0. The second-order valence-electron chi connectivity index (χ2n) is 7.46. The van der Waals surface area contributed by atoms with Crippen molar-refractivity contribution in [3.05, 3.63) is 75.0 Å². The Balaban J connectivity index is 1.46.